The average molecular weight is 514 g/mol. The number of piperidine rings is 1. The molecule has 0 spiro atoms. The summed E-state index contributed by atoms with van der Waals surface area (Å²) in [5, 5.41) is 18.9. The average Bonchev–Trinajstić information content (AvgIpc) is 3.42. The van der Waals surface area contributed by atoms with Crippen LogP contribution in [0, 0.1) is 5.82 Å². The summed E-state index contributed by atoms with van der Waals surface area (Å²) in [6.07, 6.45) is 5.02. The van der Waals surface area contributed by atoms with Gasteiger partial charge < -0.3 is 30.5 Å². The number of nitrogens with one attached hydrogen (secondary N) is 3. The van der Waals surface area contributed by atoms with Crippen LogP contribution in [0.15, 0.2) is 85.2 Å². The highest BCUT2D eigenvalue weighted by molar-refractivity contribution is 6.04. The first-order valence-corrected chi connectivity index (χ1v) is 12.9. The number of halogens is 1. The number of carbonyl (C=O) groups excluding carboxylic acids is 1. The fourth-order valence-electron chi connectivity index (χ4n) is 4.51. The lowest BCUT2D eigenvalue weighted by molar-refractivity contribution is 0.102. The molecule has 1 amide bonds. The van der Waals surface area contributed by atoms with Gasteiger partial charge in [-0.25, -0.2) is 4.39 Å². The van der Waals surface area contributed by atoms with E-state index in [4.69, 9.17) is 0 Å². The summed E-state index contributed by atoms with van der Waals surface area (Å²) in [5.41, 5.74) is 5.04. The molecule has 1 saturated heterocycles. The van der Waals surface area contributed by atoms with Crippen molar-refractivity contribution in [3.63, 3.8) is 0 Å². The Morgan fingerprint density at radius 1 is 0.895 bits per heavy atom. The summed E-state index contributed by atoms with van der Waals surface area (Å²) in [6, 6.07) is 22.2. The number of aryl methyl sites for hydroxylation is 1. The SMILES string of the molecule is CCn1ccc(C(=O)Nc2ccc(Nc3ccc(Nc4ccc(N5CCC(O)CC5)cc4)cc3)c(F)c2)c1. The molecular weight excluding hydrogens is 481 g/mol. The van der Waals surface area contributed by atoms with Crippen molar-refractivity contribution in [2.24, 2.45) is 0 Å². The minimum Gasteiger partial charge on any atom is -0.393 e. The number of hydrogen-bond donors (Lipinski definition) is 4. The fraction of sp³-hybridized carbons (Fsp3) is 0.233. The third kappa shape index (κ3) is 6.15. The van der Waals surface area contributed by atoms with E-state index in [9.17, 15) is 14.3 Å². The Bertz CT molecular complexity index is 1380. The molecule has 0 unspecified atom stereocenters. The molecule has 1 aliphatic heterocycles. The quantitative estimate of drug-likeness (QED) is 0.221. The molecule has 4 N–H and O–H groups in total. The van der Waals surface area contributed by atoms with Crippen LogP contribution in [0.5, 0.6) is 0 Å². The maximum absolute atomic E-state index is 14.8. The number of rotatable bonds is 8. The van der Waals surface area contributed by atoms with Crippen LogP contribution in [-0.4, -0.2) is 34.8 Å². The van der Waals surface area contributed by atoms with Crippen LogP contribution in [0.3, 0.4) is 0 Å². The van der Waals surface area contributed by atoms with E-state index in [1.54, 1.807) is 24.4 Å². The van der Waals surface area contributed by atoms with Crippen LogP contribution >= 0.6 is 0 Å². The summed E-state index contributed by atoms with van der Waals surface area (Å²) < 4.78 is 16.7. The van der Waals surface area contributed by atoms with E-state index in [1.165, 1.54) is 6.07 Å². The van der Waals surface area contributed by atoms with Gasteiger partial charge in [-0.05, 0) is 92.6 Å². The van der Waals surface area contributed by atoms with Gasteiger partial charge in [0.25, 0.3) is 5.91 Å². The second-order valence-electron chi connectivity index (χ2n) is 9.47. The van der Waals surface area contributed by atoms with Crippen LogP contribution in [-0.2, 0) is 6.54 Å². The van der Waals surface area contributed by atoms with E-state index in [0.29, 0.717) is 16.9 Å². The van der Waals surface area contributed by atoms with Gasteiger partial charge in [0.2, 0.25) is 0 Å². The minimum atomic E-state index is -0.459. The molecule has 0 bridgehead atoms. The maximum Gasteiger partial charge on any atom is 0.257 e. The molecule has 0 saturated carbocycles. The molecule has 5 rings (SSSR count). The number of aliphatic hydroxyl groups excluding tert-OH is 1. The van der Waals surface area contributed by atoms with Crippen LogP contribution in [0.25, 0.3) is 0 Å². The monoisotopic (exact) mass is 513 g/mol. The molecule has 0 atom stereocenters. The smallest absolute Gasteiger partial charge is 0.257 e. The number of nitrogens with zero attached hydrogens (tertiary/aromatic N) is 2. The summed E-state index contributed by atoms with van der Waals surface area (Å²) in [4.78, 5) is 14.7. The Morgan fingerprint density at radius 2 is 1.50 bits per heavy atom. The first-order chi connectivity index (χ1) is 18.5. The number of amides is 1. The van der Waals surface area contributed by atoms with Gasteiger partial charge in [-0.15, -0.1) is 0 Å². The van der Waals surface area contributed by atoms with E-state index in [-0.39, 0.29) is 12.0 Å². The van der Waals surface area contributed by atoms with Crippen molar-refractivity contribution in [2.75, 3.05) is 33.9 Å². The maximum atomic E-state index is 14.8. The second kappa shape index (κ2) is 11.4. The van der Waals surface area contributed by atoms with Crippen LogP contribution in [0.2, 0.25) is 0 Å². The highest BCUT2D eigenvalue weighted by Crippen LogP contribution is 2.27. The van der Waals surface area contributed by atoms with Gasteiger partial charge in [-0.1, -0.05) is 0 Å². The molecule has 8 heteroatoms. The van der Waals surface area contributed by atoms with Gasteiger partial charge in [-0.2, -0.15) is 0 Å². The minimum absolute atomic E-state index is 0.182. The highest BCUT2D eigenvalue weighted by atomic mass is 19.1. The van der Waals surface area contributed by atoms with Gasteiger partial charge in [0.05, 0.1) is 17.4 Å². The lowest BCUT2D eigenvalue weighted by Crippen LogP contribution is -2.35. The summed E-state index contributed by atoms with van der Waals surface area (Å²) in [7, 11) is 0. The molecule has 3 aromatic carbocycles. The Labute approximate surface area is 221 Å². The van der Waals surface area contributed by atoms with E-state index < -0.39 is 5.82 Å². The lowest BCUT2D eigenvalue weighted by atomic mass is 10.1. The number of anilines is 6. The molecular formula is C30H32FN5O2. The summed E-state index contributed by atoms with van der Waals surface area (Å²) in [5.74, 6) is -0.735. The van der Waals surface area contributed by atoms with Crippen molar-refractivity contribution in [3.05, 3.63) is 96.6 Å². The Balaban J connectivity index is 1.16. The standard InChI is InChI=1S/C30H32FN5O2/c1-2-35-16-13-21(20-35)30(38)34-25-9-12-29(28(31)19-25)33-24-5-3-22(4-6-24)32-23-7-10-26(11-8-23)36-17-14-27(37)15-18-36/h3-13,16,19-20,27,32-33,37H,2,14-15,17-18H2,1H3,(H,34,38). The van der Waals surface area contributed by atoms with Crippen LogP contribution in [0.4, 0.5) is 38.5 Å². The van der Waals surface area contributed by atoms with Gasteiger partial charge in [0.1, 0.15) is 5.82 Å². The Kier molecular flexibility index (Phi) is 7.60. The Morgan fingerprint density at radius 3 is 2.11 bits per heavy atom. The molecule has 1 aliphatic rings. The number of aromatic nitrogens is 1. The normalized spacial score (nSPS) is 13.8. The van der Waals surface area contributed by atoms with Crippen molar-refractivity contribution in [3.8, 4) is 0 Å². The summed E-state index contributed by atoms with van der Waals surface area (Å²) >= 11 is 0. The zero-order chi connectivity index (χ0) is 26.5. The highest BCUT2D eigenvalue weighted by Gasteiger charge is 2.17. The molecule has 1 fully saturated rings. The van der Waals surface area contributed by atoms with Crippen LogP contribution in [0.1, 0.15) is 30.1 Å². The van der Waals surface area contributed by atoms with E-state index >= 15 is 0 Å². The number of hydrogen-bond acceptors (Lipinski definition) is 5. The number of carbonyl (C=O) groups is 1. The third-order valence-corrected chi connectivity index (χ3v) is 6.75. The predicted octanol–water partition coefficient (Wildman–Crippen LogP) is 6.35. The predicted molar refractivity (Wildman–Crippen MR) is 151 cm³/mol. The van der Waals surface area contributed by atoms with Crippen LogP contribution < -0.4 is 20.9 Å². The molecule has 0 radical (unpaired) electrons. The van der Waals surface area contributed by atoms with Crippen molar-refractivity contribution in [1.29, 1.82) is 0 Å². The van der Waals surface area contributed by atoms with Crippen molar-refractivity contribution in [1.82, 2.24) is 4.57 Å². The van der Waals surface area contributed by atoms with Crippen molar-refractivity contribution >= 4 is 40.0 Å². The Hall–Kier alpha value is -4.30. The van der Waals surface area contributed by atoms with Gasteiger partial charge >= 0.3 is 0 Å². The summed E-state index contributed by atoms with van der Waals surface area (Å²) in [6.45, 7) is 4.51. The first kappa shape index (κ1) is 25.4. The third-order valence-electron chi connectivity index (χ3n) is 6.75. The first-order valence-electron chi connectivity index (χ1n) is 12.9. The molecule has 7 nitrogen and oxygen atoms in total. The largest absolute Gasteiger partial charge is 0.393 e. The lowest BCUT2D eigenvalue weighted by Gasteiger charge is -2.31. The molecule has 1 aromatic heterocycles. The van der Waals surface area contributed by atoms with Gasteiger partial charge in [0, 0.05) is 60.5 Å². The zero-order valence-electron chi connectivity index (χ0n) is 21.3. The topological polar surface area (TPSA) is 81.6 Å². The number of aliphatic hydroxyl groups is 1. The van der Waals surface area contributed by atoms with Crippen molar-refractivity contribution < 1.29 is 14.3 Å². The zero-order valence-corrected chi connectivity index (χ0v) is 21.3. The molecule has 2 heterocycles. The molecule has 4 aromatic rings. The molecule has 38 heavy (non-hydrogen) atoms. The fourth-order valence-corrected chi connectivity index (χ4v) is 4.51. The van der Waals surface area contributed by atoms with Gasteiger partial charge in [-0.3, -0.25) is 4.79 Å². The van der Waals surface area contributed by atoms with E-state index in [0.717, 1.165) is 55.2 Å². The van der Waals surface area contributed by atoms with E-state index in [1.807, 2.05) is 54.1 Å². The molecule has 0 aliphatic carbocycles. The molecule has 196 valence electrons. The number of benzene rings is 3. The van der Waals surface area contributed by atoms with Gasteiger partial charge in [0.15, 0.2) is 0 Å². The van der Waals surface area contributed by atoms with E-state index in [2.05, 4.69) is 33.0 Å². The second-order valence-corrected chi connectivity index (χ2v) is 9.47. The van der Waals surface area contributed by atoms with Crippen molar-refractivity contribution in [2.45, 2.75) is 32.4 Å².